The Morgan fingerprint density at radius 3 is 0.250 bits per heavy atom. The first-order valence-electron chi connectivity index (χ1n) is 0. The fourth-order valence-corrected chi connectivity index (χ4v) is 0. The molecule has 0 fully saturated rings. The van der Waals surface area contributed by atoms with E-state index in [9.17, 15) is 0 Å². The zero-order valence-corrected chi connectivity index (χ0v) is 19.3. The van der Waals surface area contributed by atoms with Crippen LogP contribution in [0.2, 0.25) is 0 Å². The maximum Gasteiger partial charge on any atom is 1.00 e. The summed E-state index contributed by atoms with van der Waals surface area (Å²) in [5.41, 5.74) is 0. The Balaban J connectivity index is 0. The molecule has 0 radical (unpaired) electrons. The van der Waals surface area contributed by atoms with Crippen molar-refractivity contribution in [1.82, 2.24) is 24.6 Å². The second-order valence-electron chi connectivity index (χ2n) is 0. The van der Waals surface area contributed by atoms with Crippen LogP contribution in [0.1, 0.15) is 0 Å². The van der Waals surface area contributed by atoms with Crippen LogP contribution >= 0.6 is 0 Å². The topological polar surface area (TPSA) is 140 Å². The maximum atomic E-state index is 0. The van der Waals surface area contributed by atoms with E-state index in [2.05, 4.69) is 0 Å². The molecule has 0 aliphatic rings. The average molecular weight is 225 g/mol. The summed E-state index contributed by atoms with van der Waals surface area (Å²) >= 11 is 0. The van der Waals surface area contributed by atoms with Crippen LogP contribution in [-0.2, 0) is 0 Å². The summed E-state index contributed by atoms with van der Waals surface area (Å²) in [7, 11) is 0. The Morgan fingerprint density at radius 1 is 0.250 bits per heavy atom. The Labute approximate surface area is 222 Å². The first-order valence-corrected chi connectivity index (χ1v) is 0. The second kappa shape index (κ2) is 50.4. The number of hydrogen-bond donors (Lipinski definition) is 4. The van der Waals surface area contributed by atoms with Crippen molar-refractivity contribution in [3.63, 3.8) is 0 Å². The quantitative estimate of drug-likeness (QED) is 0.303. The zero-order chi connectivity index (χ0) is 0. The van der Waals surface area contributed by atoms with Crippen LogP contribution in [0.5, 0.6) is 0 Å². The van der Waals surface area contributed by atoms with Crippen LogP contribution in [0.4, 0.5) is 0 Å². The van der Waals surface area contributed by atoms with E-state index in [1.807, 2.05) is 0 Å². The van der Waals surface area contributed by atoms with Crippen LogP contribution in [0.25, 0.3) is 0 Å². The minimum Gasteiger partial charge on any atom is -0.344 e. The third kappa shape index (κ3) is 39.4. The van der Waals surface area contributed by atoms with E-state index in [4.69, 9.17) is 0 Å². The van der Waals surface area contributed by atoms with Gasteiger partial charge in [-0.15, -0.1) is 0 Å². The van der Waals surface area contributed by atoms with Crippen LogP contribution in [0.3, 0.4) is 0 Å². The number of rotatable bonds is 0. The van der Waals surface area contributed by atoms with Crippen molar-refractivity contribution in [3.05, 3.63) is 0 Å². The molecule has 0 aromatic carbocycles. The van der Waals surface area contributed by atoms with Crippen molar-refractivity contribution in [2.24, 2.45) is 0 Å². The van der Waals surface area contributed by atoms with Gasteiger partial charge in [0.15, 0.2) is 0 Å². The van der Waals surface area contributed by atoms with Gasteiger partial charge in [-0.3, -0.25) is 0 Å². The summed E-state index contributed by atoms with van der Waals surface area (Å²) in [6.45, 7) is 0. The minimum absolute atomic E-state index is 0. The predicted octanol–water partition coefficient (Wildman–Crippen LogP) is -11.3. The minimum atomic E-state index is 0. The first kappa shape index (κ1) is 63.2. The number of hydrogen-bond acceptors (Lipinski definition) is 4. The second-order valence-corrected chi connectivity index (χ2v) is 0. The monoisotopic (exact) mass is 224 g/mol. The molecule has 0 saturated carbocycles. The third-order valence-corrected chi connectivity index (χ3v) is 0. The van der Waals surface area contributed by atoms with E-state index >= 15 is 0 Å². The molecule has 0 atom stereocenters. The van der Waals surface area contributed by atoms with Crippen molar-refractivity contribution in [1.29, 1.82) is 0 Å². The Morgan fingerprint density at radius 2 is 0.250 bits per heavy atom. The SMILES string of the molecule is N.N.N.N.[K+].[K+].[K+].[K+]. The van der Waals surface area contributed by atoms with Gasteiger partial charge >= 0.3 is 206 Å². The molecule has 32 valence electrons. The predicted molar refractivity (Wildman–Crippen MR) is 20.1 cm³/mol. The van der Waals surface area contributed by atoms with Gasteiger partial charge in [0.2, 0.25) is 0 Å². The summed E-state index contributed by atoms with van der Waals surface area (Å²) in [5.74, 6) is 0. The molecule has 0 spiro atoms. The van der Waals surface area contributed by atoms with Gasteiger partial charge in [0, 0.05) is 0 Å². The van der Waals surface area contributed by atoms with Crippen molar-refractivity contribution in [3.8, 4) is 0 Å². The summed E-state index contributed by atoms with van der Waals surface area (Å²) in [6, 6.07) is 0. The van der Waals surface area contributed by atoms with E-state index in [1.165, 1.54) is 0 Å². The third-order valence-electron chi connectivity index (χ3n) is 0. The van der Waals surface area contributed by atoms with Crippen LogP contribution in [0, 0.1) is 0 Å². The van der Waals surface area contributed by atoms with Gasteiger partial charge in [-0.05, 0) is 0 Å². The standard InChI is InChI=1S/4K.4H3N/h;;;;4*1H3/q4*+1;;;;. The zero-order valence-electron chi connectivity index (χ0n) is 6.83. The van der Waals surface area contributed by atoms with Gasteiger partial charge in [-0.2, -0.15) is 0 Å². The maximum absolute atomic E-state index is 0. The van der Waals surface area contributed by atoms with Gasteiger partial charge in [0.1, 0.15) is 0 Å². The Kier molecular flexibility index (Phi) is 398. The molecule has 8 heavy (non-hydrogen) atoms. The Hall–Kier alpha value is 6.39. The van der Waals surface area contributed by atoms with Crippen molar-refractivity contribution >= 4 is 0 Å². The molecule has 12 N–H and O–H groups in total. The molecule has 0 aromatic rings. The molecule has 0 unspecified atom stereocenters. The molecular formula is H12K4N4+4. The molecule has 0 aliphatic carbocycles. The molecule has 0 aromatic heterocycles. The Bertz CT molecular complexity index is 8.00. The molecule has 0 heterocycles. The summed E-state index contributed by atoms with van der Waals surface area (Å²) in [5, 5.41) is 0. The van der Waals surface area contributed by atoms with Crippen molar-refractivity contribution in [2.45, 2.75) is 0 Å². The molecule has 0 rings (SSSR count). The van der Waals surface area contributed by atoms with Crippen molar-refractivity contribution < 1.29 is 206 Å². The van der Waals surface area contributed by atoms with Crippen molar-refractivity contribution in [2.75, 3.05) is 0 Å². The largest absolute Gasteiger partial charge is 1.00 e. The average Bonchev–Trinajstić information content (AvgIpc) is 0. The molecule has 0 amide bonds. The van der Waals surface area contributed by atoms with Gasteiger partial charge in [0.25, 0.3) is 0 Å². The molecular weight excluding hydrogens is 212 g/mol. The normalized spacial score (nSPS) is 0. The summed E-state index contributed by atoms with van der Waals surface area (Å²) < 4.78 is 0. The smallest absolute Gasteiger partial charge is 0.344 e. The van der Waals surface area contributed by atoms with Gasteiger partial charge in [-0.25, -0.2) is 0 Å². The van der Waals surface area contributed by atoms with E-state index in [0.29, 0.717) is 0 Å². The molecule has 8 heteroatoms. The van der Waals surface area contributed by atoms with Crippen LogP contribution < -0.4 is 230 Å². The molecule has 4 nitrogen and oxygen atoms in total. The van der Waals surface area contributed by atoms with E-state index in [1.54, 1.807) is 0 Å². The van der Waals surface area contributed by atoms with E-state index < -0.39 is 0 Å². The summed E-state index contributed by atoms with van der Waals surface area (Å²) in [6.07, 6.45) is 0. The fourth-order valence-electron chi connectivity index (χ4n) is 0. The first-order chi connectivity index (χ1) is 0. The molecule has 0 saturated heterocycles. The molecule has 0 bridgehead atoms. The van der Waals surface area contributed by atoms with Gasteiger partial charge in [0.05, 0.1) is 0 Å². The molecule has 0 aliphatic heterocycles. The van der Waals surface area contributed by atoms with Gasteiger partial charge < -0.3 is 24.6 Å². The van der Waals surface area contributed by atoms with Crippen LogP contribution in [0.15, 0.2) is 0 Å². The van der Waals surface area contributed by atoms with E-state index in [0.717, 1.165) is 0 Å². The fraction of sp³-hybridized carbons (Fsp3) is 0. The van der Waals surface area contributed by atoms with Crippen LogP contribution in [-0.4, -0.2) is 0 Å². The summed E-state index contributed by atoms with van der Waals surface area (Å²) in [4.78, 5) is 0. The van der Waals surface area contributed by atoms with Gasteiger partial charge in [-0.1, -0.05) is 0 Å². The van der Waals surface area contributed by atoms with E-state index in [-0.39, 0.29) is 230 Å².